The maximum atomic E-state index is 5.29. The van der Waals surface area contributed by atoms with Gasteiger partial charge >= 0.3 is 6.01 Å². The van der Waals surface area contributed by atoms with Gasteiger partial charge in [0.1, 0.15) is 0 Å². The third-order valence-electron chi connectivity index (χ3n) is 1.69. The minimum atomic E-state index is 0.117. The molecule has 0 amide bonds. The first-order valence-corrected chi connectivity index (χ1v) is 3.96. The molecular weight excluding hydrogens is 166 g/mol. The van der Waals surface area contributed by atoms with Crippen molar-refractivity contribution in [3.05, 3.63) is 41.7 Å². The molecule has 1 heterocycles. The second kappa shape index (κ2) is 3.26. The summed E-state index contributed by atoms with van der Waals surface area (Å²) in [6.45, 7) is 0. The standard InChI is InChI=1S/C9H9N3O/c10-9-11-8(12-13-9)6-7-4-2-1-3-5-7/h1-5H,6H2,(H2,10,11,12). The summed E-state index contributed by atoms with van der Waals surface area (Å²) in [7, 11) is 0. The summed E-state index contributed by atoms with van der Waals surface area (Å²) in [5.41, 5.74) is 6.43. The molecule has 2 rings (SSSR count). The van der Waals surface area contributed by atoms with Crippen LogP contribution in [0, 0.1) is 0 Å². The van der Waals surface area contributed by atoms with Gasteiger partial charge in [0.25, 0.3) is 0 Å². The maximum Gasteiger partial charge on any atom is 0.318 e. The van der Waals surface area contributed by atoms with Crippen LogP contribution in [0.4, 0.5) is 6.01 Å². The zero-order valence-electron chi connectivity index (χ0n) is 6.97. The second-order valence-electron chi connectivity index (χ2n) is 2.71. The zero-order valence-corrected chi connectivity index (χ0v) is 6.97. The van der Waals surface area contributed by atoms with Gasteiger partial charge in [-0.05, 0) is 5.56 Å². The fourth-order valence-electron chi connectivity index (χ4n) is 1.12. The Hall–Kier alpha value is -1.84. The van der Waals surface area contributed by atoms with E-state index in [0.29, 0.717) is 12.2 Å². The van der Waals surface area contributed by atoms with Crippen LogP contribution in [-0.4, -0.2) is 10.1 Å². The van der Waals surface area contributed by atoms with E-state index in [-0.39, 0.29) is 6.01 Å². The predicted molar refractivity (Wildman–Crippen MR) is 48.0 cm³/mol. The number of nitrogens with zero attached hydrogens (tertiary/aromatic N) is 2. The molecule has 0 atom stereocenters. The number of benzene rings is 1. The third kappa shape index (κ3) is 1.84. The van der Waals surface area contributed by atoms with Crippen molar-refractivity contribution in [2.24, 2.45) is 0 Å². The Morgan fingerprint density at radius 1 is 1.23 bits per heavy atom. The number of rotatable bonds is 2. The van der Waals surface area contributed by atoms with Crippen LogP contribution >= 0.6 is 0 Å². The van der Waals surface area contributed by atoms with Gasteiger partial charge in [0, 0.05) is 6.42 Å². The van der Waals surface area contributed by atoms with Gasteiger partial charge in [0.15, 0.2) is 5.82 Å². The van der Waals surface area contributed by atoms with Crippen molar-refractivity contribution in [1.82, 2.24) is 10.1 Å². The first-order chi connectivity index (χ1) is 6.34. The van der Waals surface area contributed by atoms with Crippen LogP contribution in [-0.2, 0) is 6.42 Å². The summed E-state index contributed by atoms with van der Waals surface area (Å²) < 4.78 is 4.65. The normalized spacial score (nSPS) is 10.2. The van der Waals surface area contributed by atoms with E-state index in [1.165, 1.54) is 0 Å². The second-order valence-corrected chi connectivity index (χ2v) is 2.71. The highest BCUT2D eigenvalue weighted by Crippen LogP contribution is 2.06. The van der Waals surface area contributed by atoms with Crippen molar-refractivity contribution in [2.45, 2.75) is 6.42 Å². The summed E-state index contributed by atoms with van der Waals surface area (Å²) in [6.07, 6.45) is 0.654. The van der Waals surface area contributed by atoms with E-state index < -0.39 is 0 Å². The molecule has 13 heavy (non-hydrogen) atoms. The molecule has 2 aromatic rings. The molecule has 4 nitrogen and oxygen atoms in total. The van der Waals surface area contributed by atoms with E-state index in [1.807, 2.05) is 30.3 Å². The fraction of sp³-hybridized carbons (Fsp3) is 0.111. The van der Waals surface area contributed by atoms with E-state index in [9.17, 15) is 0 Å². The lowest BCUT2D eigenvalue weighted by Crippen LogP contribution is -1.90. The summed E-state index contributed by atoms with van der Waals surface area (Å²) in [4.78, 5) is 3.91. The lowest BCUT2D eigenvalue weighted by atomic mass is 10.1. The summed E-state index contributed by atoms with van der Waals surface area (Å²) in [5.74, 6) is 0.615. The number of nitrogens with two attached hydrogens (primary N) is 1. The molecule has 0 bridgehead atoms. The molecule has 0 aliphatic carbocycles. The van der Waals surface area contributed by atoms with Gasteiger partial charge in [-0.2, -0.15) is 4.98 Å². The Kier molecular flexibility index (Phi) is 1.96. The Bertz CT molecular complexity index is 383. The molecule has 0 aliphatic heterocycles. The molecule has 0 aliphatic rings. The number of hydrogen-bond acceptors (Lipinski definition) is 4. The molecular formula is C9H9N3O. The Balaban J connectivity index is 2.15. The molecule has 0 radical (unpaired) electrons. The number of anilines is 1. The lowest BCUT2D eigenvalue weighted by molar-refractivity contribution is 0.428. The fourth-order valence-corrected chi connectivity index (χ4v) is 1.12. The number of aromatic nitrogens is 2. The quantitative estimate of drug-likeness (QED) is 0.745. The summed E-state index contributed by atoms with van der Waals surface area (Å²) in [6, 6.07) is 10.0. The van der Waals surface area contributed by atoms with E-state index in [4.69, 9.17) is 5.73 Å². The molecule has 2 N–H and O–H groups in total. The molecule has 0 fully saturated rings. The average molecular weight is 175 g/mol. The van der Waals surface area contributed by atoms with Gasteiger partial charge in [-0.1, -0.05) is 35.5 Å². The summed E-state index contributed by atoms with van der Waals surface area (Å²) in [5, 5.41) is 3.70. The van der Waals surface area contributed by atoms with Crippen LogP contribution in [0.25, 0.3) is 0 Å². The van der Waals surface area contributed by atoms with Crippen molar-refractivity contribution < 1.29 is 4.52 Å². The van der Waals surface area contributed by atoms with Crippen LogP contribution in [0.1, 0.15) is 11.4 Å². The maximum absolute atomic E-state index is 5.29. The smallest absolute Gasteiger partial charge is 0.318 e. The van der Waals surface area contributed by atoms with Crippen molar-refractivity contribution in [3.63, 3.8) is 0 Å². The van der Waals surface area contributed by atoms with Gasteiger partial charge in [0.05, 0.1) is 0 Å². The molecule has 1 aromatic heterocycles. The lowest BCUT2D eigenvalue weighted by Gasteiger charge is -1.93. The van der Waals surface area contributed by atoms with E-state index in [2.05, 4.69) is 14.7 Å². The van der Waals surface area contributed by atoms with E-state index in [0.717, 1.165) is 5.56 Å². The minimum Gasteiger partial charge on any atom is -0.351 e. The number of hydrogen-bond donors (Lipinski definition) is 1. The van der Waals surface area contributed by atoms with Crippen molar-refractivity contribution in [2.75, 3.05) is 5.73 Å². The minimum absolute atomic E-state index is 0.117. The molecule has 0 spiro atoms. The largest absolute Gasteiger partial charge is 0.351 e. The number of nitrogen functional groups attached to an aromatic ring is 1. The Morgan fingerprint density at radius 2 is 2.00 bits per heavy atom. The van der Waals surface area contributed by atoms with Crippen molar-refractivity contribution in [3.8, 4) is 0 Å². The van der Waals surface area contributed by atoms with Crippen LogP contribution in [0.5, 0.6) is 0 Å². The monoisotopic (exact) mass is 175 g/mol. The molecule has 1 aromatic carbocycles. The molecule has 0 unspecified atom stereocenters. The van der Waals surface area contributed by atoms with Gasteiger partial charge in [-0.25, -0.2) is 0 Å². The van der Waals surface area contributed by atoms with E-state index in [1.54, 1.807) is 0 Å². The zero-order chi connectivity index (χ0) is 9.10. The highest BCUT2D eigenvalue weighted by molar-refractivity contribution is 5.19. The van der Waals surface area contributed by atoms with Crippen LogP contribution in [0.2, 0.25) is 0 Å². The molecule has 66 valence electrons. The third-order valence-corrected chi connectivity index (χ3v) is 1.69. The van der Waals surface area contributed by atoms with E-state index >= 15 is 0 Å². The summed E-state index contributed by atoms with van der Waals surface area (Å²) >= 11 is 0. The topological polar surface area (TPSA) is 64.9 Å². The first kappa shape index (κ1) is 7.79. The Labute approximate surface area is 75.4 Å². The highest BCUT2D eigenvalue weighted by atomic mass is 16.5. The van der Waals surface area contributed by atoms with Crippen molar-refractivity contribution in [1.29, 1.82) is 0 Å². The van der Waals surface area contributed by atoms with Gasteiger partial charge in [0.2, 0.25) is 0 Å². The predicted octanol–water partition coefficient (Wildman–Crippen LogP) is 1.24. The van der Waals surface area contributed by atoms with Crippen molar-refractivity contribution >= 4 is 6.01 Å². The van der Waals surface area contributed by atoms with Gasteiger partial charge < -0.3 is 10.3 Å². The molecule has 0 saturated heterocycles. The Morgan fingerprint density at radius 3 is 2.62 bits per heavy atom. The van der Waals surface area contributed by atoms with Crippen LogP contribution in [0.3, 0.4) is 0 Å². The van der Waals surface area contributed by atoms with Crippen LogP contribution < -0.4 is 5.73 Å². The van der Waals surface area contributed by atoms with Gasteiger partial charge in [-0.15, -0.1) is 0 Å². The van der Waals surface area contributed by atoms with Gasteiger partial charge in [-0.3, -0.25) is 0 Å². The first-order valence-electron chi connectivity index (χ1n) is 3.96. The highest BCUT2D eigenvalue weighted by Gasteiger charge is 2.02. The molecule has 4 heteroatoms. The molecule has 0 saturated carbocycles. The average Bonchev–Trinajstić information content (AvgIpc) is 2.53. The van der Waals surface area contributed by atoms with Crippen LogP contribution in [0.15, 0.2) is 34.9 Å². The SMILES string of the molecule is Nc1nc(Cc2ccccc2)no1.